The SMILES string of the molecule is C[C@@H]1CCCC[C@@H]1NC(=O)COC(=O)CNS(=O)(=O)/C=C/c1ccccc1. The normalized spacial score (nSPS) is 20.3. The average molecular weight is 394 g/mol. The van der Waals surface area contributed by atoms with Gasteiger partial charge >= 0.3 is 5.97 Å². The van der Waals surface area contributed by atoms with Gasteiger partial charge in [0.1, 0.15) is 6.54 Å². The first-order valence-corrected chi connectivity index (χ1v) is 10.6. The third kappa shape index (κ3) is 7.92. The number of hydrogen-bond donors (Lipinski definition) is 2. The van der Waals surface area contributed by atoms with Gasteiger partial charge in [0.05, 0.1) is 0 Å². The second-order valence-electron chi connectivity index (χ2n) is 6.68. The van der Waals surface area contributed by atoms with Crippen molar-refractivity contribution in [1.82, 2.24) is 10.0 Å². The molecule has 2 N–H and O–H groups in total. The first-order chi connectivity index (χ1) is 12.9. The lowest BCUT2D eigenvalue weighted by Gasteiger charge is -2.29. The summed E-state index contributed by atoms with van der Waals surface area (Å²) in [5.74, 6) is -0.769. The molecule has 0 saturated heterocycles. The second kappa shape index (κ2) is 10.2. The average Bonchev–Trinajstić information content (AvgIpc) is 2.66. The standard InChI is InChI=1S/C19H26N2O5S/c1-15-7-5-6-10-17(15)21-18(22)14-26-19(23)13-20-27(24,25)12-11-16-8-3-2-4-9-16/h2-4,8-9,11-12,15,17,20H,5-7,10,13-14H2,1H3,(H,21,22)/b12-11+/t15-,17+/m1/s1. The van der Waals surface area contributed by atoms with Crippen LogP contribution in [0.4, 0.5) is 0 Å². The van der Waals surface area contributed by atoms with Crippen molar-refractivity contribution >= 4 is 28.0 Å². The molecule has 1 aliphatic carbocycles. The number of benzene rings is 1. The van der Waals surface area contributed by atoms with Crippen LogP contribution >= 0.6 is 0 Å². The van der Waals surface area contributed by atoms with E-state index < -0.39 is 29.1 Å². The molecule has 0 aliphatic heterocycles. The number of sulfonamides is 1. The molecule has 0 spiro atoms. The Morgan fingerprint density at radius 2 is 1.89 bits per heavy atom. The van der Waals surface area contributed by atoms with E-state index >= 15 is 0 Å². The van der Waals surface area contributed by atoms with E-state index in [0.717, 1.165) is 30.2 Å². The van der Waals surface area contributed by atoms with Gasteiger partial charge in [0.2, 0.25) is 10.0 Å². The van der Waals surface area contributed by atoms with Crippen molar-refractivity contribution in [2.45, 2.75) is 38.6 Å². The number of carbonyl (C=O) groups excluding carboxylic acids is 2. The highest BCUT2D eigenvalue weighted by atomic mass is 32.2. The van der Waals surface area contributed by atoms with Crippen LogP contribution in [0.2, 0.25) is 0 Å². The van der Waals surface area contributed by atoms with Crippen molar-refractivity contribution < 1.29 is 22.7 Å². The highest BCUT2D eigenvalue weighted by molar-refractivity contribution is 7.92. The molecule has 2 atom stereocenters. The van der Waals surface area contributed by atoms with Gasteiger partial charge in [-0.15, -0.1) is 0 Å². The Hall–Kier alpha value is -2.19. The zero-order valence-electron chi connectivity index (χ0n) is 15.4. The lowest BCUT2D eigenvalue weighted by molar-refractivity contribution is -0.147. The monoisotopic (exact) mass is 394 g/mol. The fourth-order valence-corrected chi connectivity index (χ4v) is 3.67. The third-order valence-corrected chi connectivity index (χ3v) is 5.52. The fraction of sp³-hybridized carbons (Fsp3) is 0.474. The summed E-state index contributed by atoms with van der Waals surface area (Å²) < 4.78 is 30.7. The maximum Gasteiger partial charge on any atom is 0.321 e. The minimum atomic E-state index is -3.78. The van der Waals surface area contributed by atoms with Gasteiger partial charge in [0, 0.05) is 11.4 Å². The van der Waals surface area contributed by atoms with Crippen molar-refractivity contribution in [2.24, 2.45) is 5.92 Å². The largest absolute Gasteiger partial charge is 0.455 e. The minimum absolute atomic E-state index is 0.103. The Kier molecular flexibility index (Phi) is 7.99. The summed E-state index contributed by atoms with van der Waals surface area (Å²) in [6.45, 7) is 1.14. The Labute approximate surface area is 160 Å². The number of hydrogen-bond acceptors (Lipinski definition) is 5. The van der Waals surface area contributed by atoms with Crippen LogP contribution in [0.1, 0.15) is 38.2 Å². The van der Waals surface area contributed by atoms with Crippen LogP contribution in [-0.4, -0.2) is 39.5 Å². The van der Waals surface area contributed by atoms with Crippen LogP contribution in [-0.2, 0) is 24.3 Å². The first-order valence-electron chi connectivity index (χ1n) is 9.03. The van der Waals surface area contributed by atoms with Crippen LogP contribution in [0.3, 0.4) is 0 Å². The summed E-state index contributed by atoms with van der Waals surface area (Å²) in [7, 11) is -3.78. The van der Waals surface area contributed by atoms with Crippen LogP contribution in [0, 0.1) is 5.92 Å². The Balaban J connectivity index is 1.70. The maximum absolute atomic E-state index is 11.9. The number of esters is 1. The van der Waals surface area contributed by atoms with Crippen molar-refractivity contribution in [3.05, 3.63) is 41.3 Å². The van der Waals surface area contributed by atoms with E-state index in [-0.39, 0.29) is 11.9 Å². The van der Waals surface area contributed by atoms with E-state index in [2.05, 4.69) is 17.0 Å². The molecule has 0 bridgehead atoms. The van der Waals surface area contributed by atoms with Crippen molar-refractivity contribution in [3.8, 4) is 0 Å². The summed E-state index contributed by atoms with van der Waals surface area (Å²) in [6, 6.07) is 9.02. The molecule has 0 radical (unpaired) electrons. The zero-order valence-corrected chi connectivity index (χ0v) is 16.2. The molecule has 0 aromatic heterocycles. The molecule has 148 valence electrons. The number of nitrogens with one attached hydrogen (secondary N) is 2. The lowest BCUT2D eigenvalue weighted by Crippen LogP contribution is -2.43. The summed E-state index contributed by atoms with van der Waals surface area (Å²) in [5, 5.41) is 3.85. The highest BCUT2D eigenvalue weighted by Crippen LogP contribution is 2.23. The molecule has 8 heteroatoms. The Morgan fingerprint density at radius 3 is 2.59 bits per heavy atom. The summed E-state index contributed by atoms with van der Waals surface area (Å²) in [4.78, 5) is 23.6. The molecule has 1 aromatic rings. The van der Waals surface area contributed by atoms with E-state index in [4.69, 9.17) is 4.74 Å². The summed E-state index contributed by atoms with van der Waals surface area (Å²) >= 11 is 0. The fourth-order valence-electron chi connectivity index (χ4n) is 2.92. The van der Waals surface area contributed by atoms with E-state index in [0.29, 0.717) is 5.92 Å². The highest BCUT2D eigenvalue weighted by Gasteiger charge is 2.23. The van der Waals surface area contributed by atoms with Gasteiger partial charge in [-0.05, 0) is 30.4 Å². The van der Waals surface area contributed by atoms with Crippen molar-refractivity contribution in [1.29, 1.82) is 0 Å². The van der Waals surface area contributed by atoms with Crippen LogP contribution < -0.4 is 10.0 Å². The molecule has 1 aromatic carbocycles. The number of amides is 1. The van der Waals surface area contributed by atoms with Crippen LogP contribution in [0.25, 0.3) is 6.08 Å². The van der Waals surface area contributed by atoms with Gasteiger partial charge in [0.25, 0.3) is 5.91 Å². The molecule has 1 saturated carbocycles. The number of rotatable bonds is 8. The quantitative estimate of drug-likeness (QED) is 0.655. The molecular formula is C19H26N2O5S. The van der Waals surface area contributed by atoms with Crippen molar-refractivity contribution in [2.75, 3.05) is 13.2 Å². The van der Waals surface area contributed by atoms with E-state index in [1.807, 2.05) is 6.07 Å². The molecule has 1 aliphatic rings. The topological polar surface area (TPSA) is 102 Å². The molecular weight excluding hydrogens is 368 g/mol. The third-order valence-electron chi connectivity index (χ3n) is 4.48. The van der Waals surface area contributed by atoms with Gasteiger partial charge in [-0.25, -0.2) is 13.1 Å². The first kappa shape index (κ1) is 21.1. The van der Waals surface area contributed by atoms with Gasteiger partial charge < -0.3 is 10.1 Å². The van der Waals surface area contributed by atoms with Crippen molar-refractivity contribution in [3.63, 3.8) is 0 Å². The molecule has 1 fully saturated rings. The predicted molar refractivity (Wildman–Crippen MR) is 103 cm³/mol. The number of ether oxygens (including phenoxy) is 1. The lowest BCUT2D eigenvalue weighted by atomic mass is 9.86. The minimum Gasteiger partial charge on any atom is -0.455 e. The van der Waals surface area contributed by atoms with Crippen LogP contribution in [0.15, 0.2) is 35.7 Å². The summed E-state index contributed by atoms with van der Waals surface area (Å²) in [6.07, 6.45) is 5.67. The molecule has 1 amide bonds. The molecule has 7 nitrogen and oxygen atoms in total. The van der Waals surface area contributed by atoms with Gasteiger partial charge in [-0.1, -0.05) is 50.1 Å². The number of carbonyl (C=O) groups is 2. The second-order valence-corrected chi connectivity index (χ2v) is 8.33. The molecule has 0 unspecified atom stereocenters. The molecule has 27 heavy (non-hydrogen) atoms. The van der Waals surface area contributed by atoms with E-state index in [1.165, 1.54) is 12.5 Å². The van der Waals surface area contributed by atoms with Gasteiger partial charge in [0.15, 0.2) is 6.61 Å². The van der Waals surface area contributed by atoms with Gasteiger partial charge in [-0.3, -0.25) is 9.59 Å². The van der Waals surface area contributed by atoms with E-state index in [1.54, 1.807) is 24.3 Å². The Bertz CT molecular complexity index is 762. The molecule has 2 rings (SSSR count). The zero-order chi connectivity index (χ0) is 19.7. The van der Waals surface area contributed by atoms with E-state index in [9.17, 15) is 18.0 Å². The summed E-state index contributed by atoms with van der Waals surface area (Å²) in [5.41, 5.74) is 0.721. The molecule has 0 heterocycles. The van der Waals surface area contributed by atoms with Crippen LogP contribution in [0.5, 0.6) is 0 Å². The Morgan fingerprint density at radius 1 is 1.19 bits per heavy atom. The predicted octanol–water partition coefficient (Wildman–Crippen LogP) is 1.81. The maximum atomic E-state index is 11.9. The van der Waals surface area contributed by atoms with Gasteiger partial charge in [-0.2, -0.15) is 0 Å². The smallest absolute Gasteiger partial charge is 0.321 e.